The molecular formula is C18H18N6. The van der Waals surface area contributed by atoms with E-state index in [4.69, 9.17) is 10.8 Å². The van der Waals surface area contributed by atoms with Crippen LogP contribution in [0.5, 0.6) is 0 Å². The van der Waals surface area contributed by atoms with Crippen LogP contribution in [0.2, 0.25) is 0 Å². The van der Waals surface area contributed by atoms with Gasteiger partial charge in [-0.15, -0.1) is 0 Å². The Balaban J connectivity index is 2.14. The second kappa shape index (κ2) is 4.99. The Bertz CT molecular complexity index is 1050. The first kappa shape index (κ1) is 14.6. The van der Waals surface area contributed by atoms with Gasteiger partial charge in [-0.2, -0.15) is 5.10 Å². The van der Waals surface area contributed by atoms with Gasteiger partial charge in [0.25, 0.3) is 0 Å². The van der Waals surface area contributed by atoms with Crippen molar-refractivity contribution in [2.75, 3.05) is 5.73 Å². The number of nitrogens with two attached hydrogens (primary N) is 1. The van der Waals surface area contributed by atoms with E-state index in [-0.39, 0.29) is 5.54 Å². The van der Waals surface area contributed by atoms with Crippen LogP contribution in [0.25, 0.3) is 33.1 Å². The van der Waals surface area contributed by atoms with Crippen molar-refractivity contribution in [2.24, 2.45) is 0 Å². The largest absolute Gasteiger partial charge is 0.383 e. The molecular weight excluding hydrogens is 300 g/mol. The molecule has 6 nitrogen and oxygen atoms in total. The number of anilines is 1. The number of pyridine rings is 1. The van der Waals surface area contributed by atoms with Crippen LogP contribution < -0.4 is 5.73 Å². The second-order valence-corrected chi connectivity index (χ2v) is 6.79. The van der Waals surface area contributed by atoms with Gasteiger partial charge in [0, 0.05) is 23.3 Å². The van der Waals surface area contributed by atoms with Crippen LogP contribution in [0.3, 0.4) is 0 Å². The molecule has 0 saturated heterocycles. The molecule has 2 N–H and O–H groups in total. The number of aromatic nitrogens is 5. The molecule has 0 radical (unpaired) electrons. The lowest BCUT2D eigenvalue weighted by Gasteiger charge is -2.19. The fourth-order valence-electron chi connectivity index (χ4n) is 2.96. The molecule has 0 saturated carbocycles. The van der Waals surface area contributed by atoms with E-state index >= 15 is 0 Å². The topological polar surface area (TPSA) is 82.5 Å². The molecule has 24 heavy (non-hydrogen) atoms. The predicted molar refractivity (Wildman–Crippen MR) is 95.5 cm³/mol. The molecule has 0 aliphatic rings. The lowest BCUT2D eigenvalue weighted by Crippen LogP contribution is -2.23. The molecule has 1 aromatic carbocycles. The highest BCUT2D eigenvalue weighted by atomic mass is 15.3. The number of hydrogen-bond donors (Lipinski definition) is 1. The van der Waals surface area contributed by atoms with Crippen molar-refractivity contribution in [1.29, 1.82) is 0 Å². The van der Waals surface area contributed by atoms with Gasteiger partial charge in [0.2, 0.25) is 0 Å². The molecule has 4 rings (SSSR count). The van der Waals surface area contributed by atoms with Gasteiger partial charge in [-0.25, -0.2) is 14.6 Å². The van der Waals surface area contributed by atoms with Gasteiger partial charge in [-0.1, -0.05) is 18.2 Å². The number of nitrogens with zero attached hydrogens (tertiary/aromatic N) is 5. The number of rotatable bonds is 1. The van der Waals surface area contributed by atoms with E-state index in [0.717, 1.165) is 33.1 Å². The number of nitrogen functional groups attached to an aromatic ring is 1. The van der Waals surface area contributed by atoms with Gasteiger partial charge in [0.15, 0.2) is 5.65 Å². The summed E-state index contributed by atoms with van der Waals surface area (Å²) in [6.07, 6.45) is 5.12. The summed E-state index contributed by atoms with van der Waals surface area (Å²) in [4.78, 5) is 12.8. The zero-order valence-corrected chi connectivity index (χ0v) is 13.9. The maximum Gasteiger partial charge on any atom is 0.164 e. The molecule has 3 aromatic heterocycles. The van der Waals surface area contributed by atoms with E-state index in [1.54, 1.807) is 6.20 Å². The third kappa shape index (κ3) is 2.11. The smallest absolute Gasteiger partial charge is 0.164 e. The van der Waals surface area contributed by atoms with Crippen LogP contribution >= 0.6 is 0 Å². The molecule has 4 aromatic rings. The Morgan fingerprint density at radius 3 is 2.71 bits per heavy atom. The molecule has 0 spiro atoms. The molecule has 0 amide bonds. The summed E-state index contributed by atoms with van der Waals surface area (Å²) < 4.78 is 1.91. The first-order chi connectivity index (χ1) is 11.5. The highest BCUT2D eigenvalue weighted by Crippen LogP contribution is 2.35. The molecule has 0 atom stereocenters. The fraction of sp³-hybridized carbons (Fsp3) is 0.222. The SMILES string of the molecule is CC(C)(C)n1nc(-c2cccc3cnccc23)c2c(N)ncnc21. The zero-order chi connectivity index (χ0) is 16.9. The van der Waals surface area contributed by atoms with E-state index in [1.165, 1.54) is 6.33 Å². The van der Waals surface area contributed by atoms with E-state index in [9.17, 15) is 0 Å². The van der Waals surface area contributed by atoms with Crippen LogP contribution in [0.15, 0.2) is 43.0 Å². The quantitative estimate of drug-likeness (QED) is 0.582. The van der Waals surface area contributed by atoms with Crippen molar-refractivity contribution < 1.29 is 0 Å². The highest BCUT2D eigenvalue weighted by Gasteiger charge is 2.24. The van der Waals surface area contributed by atoms with Gasteiger partial charge in [-0.3, -0.25) is 4.98 Å². The number of hydrogen-bond acceptors (Lipinski definition) is 5. The van der Waals surface area contributed by atoms with Crippen molar-refractivity contribution >= 4 is 27.6 Å². The summed E-state index contributed by atoms with van der Waals surface area (Å²) in [5.74, 6) is 0.441. The molecule has 6 heteroatoms. The third-order valence-corrected chi connectivity index (χ3v) is 4.07. The third-order valence-electron chi connectivity index (χ3n) is 4.07. The van der Waals surface area contributed by atoms with E-state index in [2.05, 4.69) is 35.7 Å². The average Bonchev–Trinajstić information content (AvgIpc) is 2.95. The first-order valence-electron chi connectivity index (χ1n) is 7.79. The van der Waals surface area contributed by atoms with Gasteiger partial charge < -0.3 is 5.73 Å². The van der Waals surface area contributed by atoms with Crippen LogP contribution in [0, 0.1) is 0 Å². The van der Waals surface area contributed by atoms with Crippen LogP contribution in [0.4, 0.5) is 5.82 Å². The summed E-state index contributed by atoms with van der Waals surface area (Å²) in [6, 6.07) is 8.08. The van der Waals surface area contributed by atoms with Crippen molar-refractivity contribution in [1.82, 2.24) is 24.7 Å². The lowest BCUT2D eigenvalue weighted by molar-refractivity contribution is 0.367. The molecule has 120 valence electrons. The summed E-state index contributed by atoms with van der Waals surface area (Å²) in [7, 11) is 0. The minimum Gasteiger partial charge on any atom is -0.383 e. The van der Waals surface area contributed by atoms with E-state index < -0.39 is 0 Å². The summed E-state index contributed by atoms with van der Waals surface area (Å²) in [6.45, 7) is 6.28. The first-order valence-corrected chi connectivity index (χ1v) is 7.79. The van der Waals surface area contributed by atoms with Gasteiger partial charge in [0.1, 0.15) is 17.8 Å². The van der Waals surface area contributed by atoms with Crippen molar-refractivity contribution in [3.05, 3.63) is 43.0 Å². The van der Waals surface area contributed by atoms with E-state index in [1.807, 2.05) is 35.1 Å². The van der Waals surface area contributed by atoms with Crippen molar-refractivity contribution in [3.8, 4) is 11.3 Å². The molecule has 3 heterocycles. The van der Waals surface area contributed by atoms with Gasteiger partial charge >= 0.3 is 0 Å². The summed E-state index contributed by atoms with van der Waals surface area (Å²) in [5, 5.41) is 7.78. The zero-order valence-electron chi connectivity index (χ0n) is 13.9. The monoisotopic (exact) mass is 318 g/mol. The Morgan fingerprint density at radius 1 is 1.08 bits per heavy atom. The summed E-state index contributed by atoms with van der Waals surface area (Å²) in [5.41, 5.74) is 8.51. The van der Waals surface area contributed by atoms with E-state index in [0.29, 0.717) is 5.82 Å². The molecule has 0 fully saturated rings. The lowest BCUT2D eigenvalue weighted by atomic mass is 10.0. The van der Waals surface area contributed by atoms with Crippen molar-refractivity contribution in [3.63, 3.8) is 0 Å². The number of fused-ring (bicyclic) bond motifs is 2. The van der Waals surface area contributed by atoms with Crippen LogP contribution in [0.1, 0.15) is 20.8 Å². The highest BCUT2D eigenvalue weighted by molar-refractivity contribution is 6.05. The normalized spacial score (nSPS) is 12.1. The Labute approximate surface area is 139 Å². The Hall–Kier alpha value is -3.02. The molecule has 0 aliphatic heterocycles. The van der Waals surface area contributed by atoms with Crippen LogP contribution in [-0.4, -0.2) is 24.7 Å². The maximum atomic E-state index is 6.18. The Kier molecular flexibility index (Phi) is 3.03. The van der Waals surface area contributed by atoms with Crippen LogP contribution in [-0.2, 0) is 5.54 Å². The van der Waals surface area contributed by atoms with Crippen molar-refractivity contribution in [2.45, 2.75) is 26.3 Å². The Morgan fingerprint density at radius 2 is 1.92 bits per heavy atom. The minimum atomic E-state index is -0.219. The minimum absolute atomic E-state index is 0.219. The fourth-order valence-corrected chi connectivity index (χ4v) is 2.96. The summed E-state index contributed by atoms with van der Waals surface area (Å²) >= 11 is 0. The molecule has 0 aliphatic carbocycles. The van der Waals surface area contributed by atoms with Gasteiger partial charge in [0.05, 0.1) is 10.9 Å². The predicted octanol–water partition coefficient (Wildman–Crippen LogP) is 3.38. The second-order valence-electron chi connectivity index (χ2n) is 6.79. The molecule has 0 bridgehead atoms. The standard InChI is InChI=1S/C18H18N6/c1-18(2,3)24-17-14(16(19)21-10-22-17)15(23-24)13-6-4-5-11-9-20-8-7-12(11)13/h4-10H,1-3H3,(H2,19,21,22). The number of benzene rings is 1. The maximum absolute atomic E-state index is 6.18. The van der Waals surface area contributed by atoms with Gasteiger partial charge in [-0.05, 0) is 32.2 Å². The molecule has 0 unspecified atom stereocenters. The average molecular weight is 318 g/mol.